The number of amides is 1. The molecule has 130 valence electrons. The number of para-hydroxylation sites is 1. The fourth-order valence-electron chi connectivity index (χ4n) is 2.81. The molecule has 3 nitrogen and oxygen atoms in total. The van der Waals surface area contributed by atoms with Crippen molar-refractivity contribution in [3.63, 3.8) is 0 Å². The third kappa shape index (κ3) is 3.89. The Morgan fingerprint density at radius 1 is 0.808 bits per heavy atom. The van der Waals surface area contributed by atoms with Gasteiger partial charge >= 0.3 is 0 Å². The van der Waals surface area contributed by atoms with E-state index in [0.717, 1.165) is 16.8 Å². The number of hydrogen-bond acceptors (Lipinski definition) is 2. The average molecular weight is 343 g/mol. The predicted octanol–water partition coefficient (Wildman–Crippen LogP) is 4.97. The van der Waals surface area contributed by atoms with Gasteiger partial charge in [0.1, 0.15) is 0 Å². The Morgan fingerprint density at radius 2 is 1.46 bits per heavy atom. The van der Waals surface area contributed by atoms with E-state index in [4.69, 9.17) is 0 Å². The molecule has 3 heteroatoms. The molecule has 0 aromatic heterocycles. The summed E-state index contributed by atoms with van der Waals surface area (Å²) in [6, 6.07) is 24.1. The topological polar surface area (TPSA) is 46.2 Å². The van der Waals surface area contributed by atoms with Crippen molar-refractivity contribution in [1.29, 1.82) is 0 Å². The van der Waals surface area contributed by atoms with E-state index in [0.29, 0.717) is 11.1 Å². The van der Waals surface area contributed by atoms with Crippen molar-refractivity contribution in [3.05, 3.63) is 101 Å². The van der Waals surface area contributed by atoms with E-state index in [1.807, 2.05) is 68.4 Å². The van der Waals surface area contributed by atoms with Gasteiger partial charge in [-0.2, -0.15) is 0 Å². The second kappa shape index (κ2) is 7.79. The summed E-state index contributed by atoms with van der Waals surface area (Å²) in [6.45, 7) is 3.80. The van der Waals surface area contributed by atoms with E-state index >= 15 is 0 Å². The third-order valence-electron chi connectivity index (χ3n) is 4.48. The number of nitrogens with one attached hydrogen (secondary N) is 1. The highest BCUT2D eigenvalue weighted by atomic mass is 16.2. The van der Waals surface area contributed by atoms with Gasteiger partial charge in [0.2, 0.25) is 5.91 Å². The first-order valence-electron chi connectivity index (χ1n) is 8.62. The molecule has 0 saturated carbocycles. The maximum atomic E-state index is 12.6. The summed E-state index contributed by atoms with van der Waals surface area (Å²) in [5, 5.41) is 2.96. The van der Waals surface area contributed by atoms with Crippen LogP contribution in [0, 0.1) is 6.92 Å². The zero-order valence-electron chi connectivity index (χ0n) is 14.9. The van der Waals surface area contributed by atoms with E-state index in [2.05, 4.69) is 5.32 Å². The SMILES string of the molecule is Cc1ccccc1NC(=O)[C@@H](C)c1cccc(C(=O)c2ccccc2)c1. The Balaban J connectivity index is 1.80. The molecule has 0 bridgehead atoms. The normalized spacial score (nSPS) is 11.6. The molecule has 0 radical (unpaired) electrons. The summed E-state index contributed by atoms with van der Waals surface area (Å²) in [5.41, 5.74) is 3.87. The number of anilines is 1. The van der Waals surface area contributed by atoms with Crippen molar-refractivity contribution < 1.29 is 9.59 Å². The Labute approximate surface area is 153 Å². The number of hydrogen-bond donors (Lipinski definition) is 1. The largest absolute Gasteiger partial charge is 0.325 e. The summed E-state index contributed by atoms with van der Waals surface area (Å²) in [7, 11) is 0. The standard InChI is InChI=1S/C23H21NO2/c1-16-9-6-7-14-21(16)24-23(26)17(2)19-12-8-13-20(15-19)22(25)18-10-4-3-5-11-18/h3-15,17H,1-2H3,(H,24,26)/t17-/m0/s1. The highest BCUT2D eigenvalue weighted by Gasteiger charge is 2.18. The number of benzene rings is 3. The minimum atomic E-state index is -0.363. The molecule has 0 fully saturated rings. The van der Waals surface area contributed by atoms with Crippen LogP contribution in [0.3, 0.4) is 0 Å². The zero-order valence-corrected chi connectivity index (χ0v) is 14.9. The molecule has 3 aromatic rings. The van der Waals surface area contributed by atoms with Crippen LogP contribution in [0.1, 0.15) is 39.9 Å². The number of carbonyl (C=O) groups is 2. The van der Waals surface area contributed by atoms with Gasteiger partial charge in [0.05, 0.1) is 5.92 Å². The molecule has 0 aliphatic heterocycles. The van der Waals surface area contributed by atoms with Crippen molar-refractivity contribution in [1.82, 2.24) is 0 Å². The van der Waals surface area contributed by atoms with Crippen LogP contribution in [-0.2, 0) is 4.79 Å². The molecule has 3 aromatic carbocycles. The highest BCUT2D eigenvalue weighted by molar-refractivity contribution is 6.09. The summed E-state index contributed by atoms with van der Waals surface area (Å²) in [6.07, 6.45) is 0. The monoisotopic (exact) mass is 343 g/mol. The van der Waals surface area contributed by atoms with Gasteiger partial charge < -0.3 is 5.32 Å². The van der Waals surface area contributed by atoms with E-state index in [1.165, 1.54) is 0 Å². The summed E-state index contributed by atoms with van der Waals surface area (Å²) >= 11 is 0. The number of ketones is 1. The maximum absolute atomic E-state index is 12.6. The van der Waals surface area contributed by atoms with Crippen LogP contribution >= 0.6 is 0 Å². The second-order valence-corrected chi connectivity index (χ2v) is 6.35. The molecule has 0 unspecified atom stereocenters. The van der Waals surface area contributed by atoms with Gasteiger partial charge in [-0.3, -0.25) is 9.59 Å². The van der Waals surface area contributed by atoms with Crippen LogP contribution in [0.15, 0.2) is 78.9 Å². The summed E-state index contributed by atoms with van der Waals surface area (Å²) in [4.78, 5) is 25.2. The molecule has 0 aliphatic rings. The summed E-state index contributed by atoms with van der Waals surface area (Å²) in [5.74, 6) is -0.499. The molecule has 26 heavy (non-hydrogen) atoms. The third-order valence-corrected chi connectivity index (χ3v) is 4.48. The Kier molecular flexibility index (Phi) is 5.28. The second-order valence-electron chi connectivity index (χ2n) is 6.35. The summed E-state index contributed by atoms with van der Waals surface area (Å²) < 4.78 is 0. The first-order chi connectivity index (χ1) is 12.6. The maximum Gasteiger partial charge on any atom is 0.231 e. The quantitative estimate of drug-likeness (QED) is 0.665. The molecule has 0 saturated heterocycles. The van der Waals surface area contributed by atoms with Crippen LogP contribution in [0.4, 0.5) is 5.69 Å². The van der Waals surface area contributed by atoms with Crippen LogP contribution in [0.2, 0.25) is 0 Å². The van der Waals surface area contributed by atoms with Gasteiger partial charge in [0.25, 0.3) is 0 Å². The molecule has 1 atom stereocenters. The van der Waals surface area contributed by atoms with Gasteiger partial charge in [-0.25, -0.2) is 0 Å². The minimum absolute atomic E-state index is 0.0426. The lowest BCUT2D eigenvalue weighted by Crippen LogP contribution is -2.19. The van der Waals surface area contributed by atoms with Crippen molar-refractivity contribution >= 4 is 17.4 Å². The van der Waals surface area contributed by atoms with E-state index in [-0.39, 0.29) is 17.6 Å². The van der Waals surface area contributed by atoms with Crippen molar-refractivity contribution in [2.45, 2.75) is 19.8 Å². The van der Waals surface area contributed by atoms with Crippen LogP contribution in [0.5, 0.6) is 0 Å². The Bertz CT molecular complexity index is 932. The van der Waals surface area contributed by atoms with Crippen LogP contribution in [-0.4, -0.2) is 11.7 Å². The van der Waals surface area contributed by atoms with Gasteiger partial charge in [0, 0.05) is 16.8 Å². The Morgan fingerprint density at radius 3 is 2.19 bits per heavy atom. The van der Waals surface area contributed by atoms with Gasteiger partial charge in [0.15, 0.2) is 5.78 Å². The molecule has 3 rings (SSSR count). The fraction of sp³-hybridized carbons (Fsp3) is 0.130. The van der Waals surface area contributed by atoms with Crippen LogP contribution in [0.25, 0.3) is 0 Å². The lowest BCUT2D eigenvalue weighted by Gasteiger charge is -2.15. The molecule has 0 heterocycles. The first kappa shape index (κ1) is 17.6. The van der Waals surface area contributed by atoms with Crippen LogP contribution < -0.4 is 5.32 Å². The van der Waals surface area contributed by atoms with E-state index < -0.39 is 0 Å². The number of rotatable bonds is 5. The van der Waals surface area contributed by atoms with E-state index in [9.17, 15) is 9.59 Å². The predicted molar refractivity (Wildman–Crippen MR) is 105 cm³/mol. The van der Waals surface area contributed by atoms with Gasteiger partial charge in [-0.1, -0.05) is 66.7 Å². The number of carbonyl (C=O) groups excluding carboxylic acids is 2. The lowest BCUT2D eigenvalue weighted by molar-refractivity contribution is -0.117. The molecule has 0 aliphatic carbocycles. The fourth-order valence-corrected chi connectivity index (χ4v) is 2.81. The highest BCUT2D eigenvalue weighted by Crippen LogP contribution is 2.22. The zero-order chi connectivity index (χ0) is 18.5. The molecule has 0 spiro atoms. The smallest absolute Gasteiger partial charge is 0.231 e. The lowest BCUT2D eigenvalue weighted by atomic mass is 9.95. The molecular formula is C23H21NO2. The van der Waals surface area contributed by atoms with Crippen molar-refractivity contribution in [2.24, 2.45) is 0 Å². The van der Waals surface area contributed by atoms with Crippen molar-refractivity contribution in [3.8, 4) is 0 Å². The van der Waals surface area contributed by atoms with Gasteiger partial charge in [-0.15, -0.1) is 0 Å². The van der Waals surface area contributed by atoms with Gasteiger partial charge in [-0.05, 0) is 37.1 Å². The van der Waals surface area contributed by atoms with E-state index in [1.54, 1.807) is 24.3 Å². The minimum Gasteiger partial charge on any atom is -0.325 e. The molecule has 1 N–H and O–H groups in total. The first-order valence-corrected chi connectivity index (χ1v) is 8.62. The average Bonchev–Trinajstić information content (AvgIpc) is 2.69. The van der Waals surface area contributed by atoms with Crippen molar-refractivity contribution in [2.75, 3.05) is 5.32 Å². The molecule has 1 amide bonds. The Hall–Kier alpha value is -3.20. The molecular weight excluding hydrogens is 322 g/mol. The number of aryl methyl sites for hydroxylation is 1.